The highest BCUT2D eigenvalue weighted by atomic mass is 32.2. The number of sulfonamides is 1. The van der Waals surface area contributed by atoms with E-state index in [1.54, 1.807) is 48.5 Å². The van der Waals surface area contributed by atoms with Gasteiger partial charge in [-0.3, -0.25) is 5.32 Å². The molecule has 0 spiro atoms. The van der Waals surface area contributed by atoms with Gasteiger partial charge in [-0.1, -0.05) is 35.9 Å². The zero-order chi connectivity index (χ0) is 20.4. The fraction of sp³-hybridized carbons (Fsp3) is 0.350. The van der Waals surface area contributed by atoms with Crippen LogP contribution in [0.25, 0.3) is 0 Å². The highest BCUT2D eigenvalue weighted by molar-refractivity contribution is 7.89. The van der Waals surface area contributed by atoms with E-state index < -0.39 is 40.5 Å². The van der Waals surface area contributed by atoms with Crippen LogP contribution < -0.4 is 10.0 Å². The van der Waals surface area contributed by atoms with Crippen LogP contribution in [0.3, 0.4) is 0 Å². The Bertz CT molecular complexity index is 964. The van der Waals surface area contributed by atoms with E-state index in [4.69, 9.17) is 14.2 Å². The highest BCUT2D eigenvalue weighted by Gasteiger charge is 2.50. The number of amides is 1. The molecule has 0 saturated carbocycles. The van der Waals surface area contributed by atoms with Crippen molar-refractivity contribution in [1.29, 1.82) is 0 Å². The molecule has 4 atom stereocenters. The van der Waals surface area contributed by atoms with E-state index in [0.717, 1.165) is 5.56 Å². The molecule has 2 aliphatic heterocycles. The summed E-state index contributed by atoms with van der Waals surface area (Å²) in [7, 11) is -3.71. The minimum atomic E-state index is -3.71. The van der Waals surface area contributed by atoms with E-state index in [1.165, 1.54) is 0 Å². The van der Waals surface area contributed by atoms with E-state index in [1.807, 2.05) is 13.0 Å². The van der Waals surface area contributed by atoms with E-state index >= 15 is 0 Å². The van der Waals surface area contributed by atoms with Gasteiger partial charge in [0.15, 0.2) is 6.10 Å². The monoisotopic (exact) mass is 418 g/mol. The molecule has 2 aromatic carbocycles. The number of aryl methyl sites for hydroxylation is 1. The molecular formula is C20H22N2O6S. The largest absolute Gasteiger partial charge is 0.441 e. The van der Waals surface area contributed by atoms with Gasteiger partial charge in [0.2, 0.25) is 10.0 Å². The van der Waals surface area contributed by atoms with Gasteiger partial charge in [-0.2, -0.15) is 0 Å². The number of ether oxygens (including phenoxy) is 3. The Hall–Kier alpha value is -2.46. The van der Waals surface area contributed by atoms with Crippen molar-refractivity contribution in [1.82, 2.24) is 4.72 Å². The van der Waals surface area contributed by atoms with Crippen molar-refractivity contribution < 1.29 is 27.4 Å². The van der Waals surface area contributed by atoms with Crippen molar-refractivity contribution >= 4 is 21.8 Å². The van der Waals surface area contributed by atoms with Gasteiger partial charge < -0.3 is 14.2 Å². The standard InChI is InChI=1S/C20H22N2O6S/c1-13-7-9-15(10-8-13)29(24,25)22-16-11-26-19-17(12-27-18(16)19)28-20(23)21-14-5-3-2-4-6-14/h2-10,16-19,22H,11-12H2,1H3,(H,21,23)/t16-,17-,18-,19+/m1/s1. The zero-order valence-electron chi connectivity index (χ0n) is 15.8. The number of carbonyl (C=O) groups is 1. The quantitative estimate of drug-likeness (QED) is 0.771. The number of anilines is 1. The average Bonchev–Trinajstić information content (AvgIpc) is 3.26. The maximum absolute atomic E-state index is 12.6. The molecule has 2 N–H and O–H groups in total. The number of carbonyl (C=O) groups excluding carboxylic acids is 1. The average molecular weight is 418 g/mol. The number of fused-ring (bicyclic) bond motifs is 1. The number of rotatable bonds is 5. The molecule has 2 fully saturated rings. The lowest BCUT2D eigenvalue weighted by Crippen LogP contribution is -2.44. The molecule has 8 nitrogen and oxygen atoms in total. The maximum atomic E-state index is 12.6. The van der Waals surface area contributed by atoms with Crippen LogP contribution in [-0.2, 0) is 24.2 Å². The summed E-state index contributed by atoms with van der Waals surface area (Å²) in [6.45, 7) is 2.17. The van der Waals surface area contributed by atoms with Crippen LogP contribution >= 0.6 is 0 Å². The van der Waals surface area contributed by atoms with E-state index in [0.29, 0.717) is 5.69 Å². The van der Waals surface area contributed by atoms with Crippen molar-refractivity contribution in [2.75, 3.05) is 18.5 Å². The fourth-order valence-corrected chi connectivity index (χ4v) is 4.69. The first-order chi connectivity index (χ1) is 13.9. The van der Waals surface area contributed by atoms with Crippen LogP contribution in [0.2, 0.25) is 0 Å². The molecule has 0 radical (unpaired) electrons. The van der Waals surface area contributed by atoms with Crippen LogP contribution in [0.5, 0.6) is 0 Å². The summed E-state index contributed by atoms with van der Waals surface area (Å²) in [5.41, 5.74) is 1.59. The number of nitrogens with one attached hydrogen (secondary N) is 2. The third-order valence-electron chi connectivity index (χ3n) is 4.92. The molecule has 0 aromatic heterocycles. The Morgan fingerprint density at radius 3 is 2.41 bits per heavy atom. The Morgan fingerprint density at radius 2 is 1.69 bits per heavy atom. The predicted octanol–water partition coefficient (Wildman–Crippen LogP) is 2.06. The van der Waals surface area contributed by atoms with Gasteiger partial charge in [0.1, 0.15) is 12.2 Å². The summed E-state index contributed by atoms with van der Waals surface area (Å²) in [6, 6.07) is 15.0. The second kappa shape index (κ2) is 8.11. The summed E-state index contributed by atoms with van der Waals surface area (Å²) in [4.78, 5) is 12.3. The van der Waals surface area contributed by atoms with Gasteiger partial charge in [-0.15, -0.1) is 0 Å². The summed E-state index contributed by atoms with van der Waals surface area (Å²) < 4.78 is 44.7. The van der Waals surface area contributed by atoms with Gasteiger partial charge >= 0.3 is 6.09 Å². The van der Waals surface area contributed by atoms with Crippen molar-refractivity contribution in [3.63, 3.8) is 0 Å². The topological polar surface area (TPSA) is 103 Å². The molecule has 154 valence electrons. The fourth-order valence-electron chi connectivity index (χ4n) is 3.46. The molecule has 4 rings (SSSR count). The first-order valence-electron chi connectivity index (χ1n) is 9.27. The first-order valence-corrected chi connectivity index (χ1v) is 10.8. The van der Waals surface area contributed by atoms with Crippen LogP contribution in [0.4, 0.5) is 10.5 Å². The van der Waals surface area contributed by atoms with E-state index in [-0.39, 0.29) is 18.1 Å². The molecule has 1 amide bonds. The zero-order valence-corrected chi connectivity index (χ0v) is 16.6. The SMILES string of the molecule is Cc1ccc(S(=O)(=O)N[C@@H]2CO[C@@H]3[C@@H]2OC[C@H]3OC(=O)Nc2ccccc2)cc1. The predicted molar refractivity (Wildman–Crippen MR) is 105 cm³/mol. The highest BCUT2D eigenvalue weighted by Crippen LogP contribution is 2.30. The Morgan fingerprint density at radius 1 is 1.00 bits per heavy atom. The molecule has 0 aliphatic carbocycles. The summed E-state index contributed by atoms with van der Waals surface area (Å²) in [5, 5.41) is 2.64. The van der Waals surface area contributed by atoms with Crippen molar-refractivity contribution in [2.45, 2.75) is 36.2 Å². The van der Waals surface area contributed by atoms with Gasteiger partial charge in [0.05, 0.1) is 24.2 Å². The first kappa shape index (κ1) is 19.8. The number of para-hydroxylation sites is 1. The third-order valence-corrected chi connectivity index (χ3v) is 6.43. The van der Waals surface area contributed by atoms with Gasteiger partial charge in [0, 0.05) is 5.69 Å². The molecule has 2 aliphatic rings. The Balaban J connectivity index is 1.36. The van der Waals surface area contributed by atoms with Crippen LogP contribution in [-0.4, -0.2) is 52.1 Å². The summed E-state index contributed by atoms with van der Waals surface area (Å²) >= 11 is 0. The number of hydrogen-bond acceptors (Lipinski definition) is 6. The second-order valence-electron chi connectivity index (χ2n) is 7.07. The lowest BCUT2D eigenvalue weighted by molar-refractivity contribution is 0.00883. The molecule has 0 unspecified atom stereocenters. The lowest BCUT2D eigenvalue weighted by atomic mass is 10.1. The van der Waals surface area contributed by atoms with Crippen molar-refractivity contribution in [3.8, 4) is 0 Å². The normalized spacial score (nSPS) is 26.1. The molecule has 2 heterocycles. The Kier molecular flexibility index (Phi) is 5.55. The molecular weight excluding hydrogens is 396 g/mol. The number of hydrogen-bond donors (Lipinski definition) is 2. The smallest absolute Gasteiger partial charge is 0.412 e. The Labute approximate surface area is 169 Å². The molecule has 29 heavy (non-hydrogen) atoms. The van der Waals surface area contributed by atoms with Crippen LogP contribution in [0.1, 0.15) is 5.56 Å². The maximum Gasteiger partial charge on any atom is 0.412 e. The van der Waals surface area contributed by atoms with Gasteiger partial charge in [-0.05, 0) is 31.2 Å². The minimum Gasteiger partial charge on any atom is -0.441 e. The summed E-state index contributed by atoms with van der Waals surface area (Å²) in [6.07, 6.45) is -2.28. The van der Waals surface area contributed by atoms with E-state index in [9.17, 15) is 13.2 Å². The van der Waals surface area contributed by atoms with Crippen LogP contribution in [0.15, 0.2) is 59.5 Å². The number of benzene rings is 2. The van der Waals surface area contributed by atoms with Gasteiger partial charge in [-0.25, -0.2) is 17.9 Å². The third kappa shape index (κ3) is 4.43. The molecule has 2 saturated heterocycles. The molecule has 9 heteroatoms. The second-order valence-corrected chi connectivity index (χ2v) is 8.79. The lowest BCUT2D eigenvalue weighted by Gasteiger charge is -2.18. The van der Waals surface area contributed by atoms with Crippen molar-refractivity contribution in [2.24, 2.45) is 0 Å². The molecule has 2 aromatic rings. The molecule has 0 bridgehead atoms. The summed E-state index contributed by atoms with van der Waals surface area (Å²) in [5.74, 6) is 0. The van der Waals surface area contributed by atoms with E-state index in [2.05, 4.69) is 10.0 Å². The minimum absolute atomic E-state index is 0.139. The van der Waals surface area contributed by atoms with Crippen LogP contribution in [0, 0.1) is 6.92 Å². The van der Waals surface area contributed by atoms with Crippen molar-refractivity contribution in [3.05, 3.63) is 60.2 Å². The van der Waals surface area contributed by atoms with Gasteiger partial charge in [0.25, 0.3) is 0 Å².